The van der Waals surface area contributed by atoms with Crippen LogP contribution in [0, 0.1) is 0 Å². The molecule has 0 saturated carbocycles. The van der Waals surface area contributed by atoms with Gasteiger partial charge in [0.1, 0.15) is 24.0 Å². The monoisotopic (exact) mass is 760 g/mol. The van der Waals surface area contributed by atoms with Crippen LogP contribution in [0.15, 0.2) is 158 Å². The highest BCUT2D eigenvalue weighted by Crippen LogP contribution is 2.46. The molecular formula is C53H52N4O. The van der Waals surface area contributed by atoms with Gasteiger partial charge >= 0.3 is 0 Å². The number of aromatic nitrogens is 2. The third-order valence-corrected chi connectivity index (χ3v) is 11.9. The summed E-state index contributed by atoms with van der Waals surface area (Å²) in [6, 6.07) is 54.6. The van der Waals surface area contributed by atoms with Gasteiger partial charge < -0.3 is 14.5 Å². The molecule has 0 spiro atoms. The van der Waals surface area contributed by atoms with Crippen molar-refractivity contribution in [1.82, 2.24) is 9.55 Å². The first kappa shape index (κ1) is 37.3. The van der Waals surface area contributed by atoms with Gasteiger partial charge in [0.15, 0.2) is 0 Å². The molecule has 0 amide bonds. The SMILES string of the molecule is CC(C)(C)c1cccc(N2CN(c3cccc(Oc4ccc5c6cc(C(C)(C)c7ccccc7)ccc6n(-c6cc(C(C)(C)C)ccn6)c5c4)c3)c3ccccc32)c1. The molecule has 0 bridgehead atoms. The summed E-state index contributed by atoms with van der Waals surface area (Å²) in [7, 11) is 0. The molecule has 0 radical (unpaired) electrons. The average Bonchev–Trinajstić information content (AvgIpc) is 3.76. The van der Waals surface area contributed by atoms with Crippen LogP contribution in [-0.4, -0.2) is 16.2 Å². The lowest BCUT2D eigenvalue weighted by molar-refractivity contribution is 0.483. The van der Waals surface area contributed by atoms with Gasteiger partial charge in [0.25, 0.3) is 0 Å². The maximum absolute atomic E-state index is 6.77. The maximum atomic E-state index is 6.77. The van der Waals surface area contributed by atoms with Gasteiger partial charge in [0.05, 0.1) is 22.4 Å². The average molecular weight is 761 g/mol. The van der Waals surface area contributed by atoms with Gasteiger partial charge in [-0.2, -0.15) is 0 Å². The summed E-state index contributed by atoms with van der Waals surface area (Å²) in [6.07, 6.45) is 1.94. The highest BCUT2D eigenvalue weighted by molar-refractivity contribution is 6.10. The van der Waals surface area contributed by atoms with E-state index in [1.807, 2.05) is 12.3 Å². The predicted octanol–water partition coefficient (Wildman–Crippen LogP) is 14.1. The highest BCUT2D eigenvalue weighted by atomic mass is 16.5. The zero-order chi connectivity index (χ0) is 40.4. The van der Waals surface area contributed by atoms with Crippen molar-refractivity contribution in [1.29, 1.82) is 0 Å². The number of anilines is 4. The zero-order valence-electron chi connectivity index (χ0n) is 34.9. The van der Waals surface area contributed by atoms with E-state index < -0.39 is 0 Å². The van der Waals surface area contributed by atoms with E-state index in [0.29, 0.717) is 6.67 Å². The molecule has 0 aliphatic carbocycles. The lowest BCUT2D eigenvalue weighted by Crippen LogP contribution is -2.24. The molecule has 1 aliphatic heterocycles. The molecule has 0 fully saturated rings. The second kappa shape index (κ2) is 13.9. The van der Waals surface area contributed by atoms with Gasteiger partial charge in [-0.3, -0.25) is 4.57 Å². The Balaban J connectivity index is 1.10. The van der Waals surface area contributed by atoms with E-state index in [9.17, 15) is 0 Å². The number of pyridine rings is 1. The third-order valence-electron chi connectivity index (χ3n) is 11.9. The number of fused-ring (bicyclic) bond motifs is 4. The molecule has 0 saturated heterocycles. The van der Waals surface area contributed by atoms with Crippen LogP contribution >= 0.6 is 0 Å². The second-order valence-electron chi connectivity index (χ2n) is 18.3. The minimum Gasteiger partial charge on any atom is -0.457 e. The van der Waals surface area contributed by atoms with E-state index in [0.717, 1.165) is 39.4 Å². The summed E-state index contributed by atoms with van der Waals surface area (Å²) in [6.45, 7) is 18.9. The van der Waals surface area contributed by atoms with Crippen LogP contribution in [0.1, 0.15) is 77.6 Å². The molecule has 0 unspecified atom stereocenters. The first-order valence-corrected chi connectivity index (χ1v) is 20.4. The molecule has 8 aromatic rings. The molecule has 0 atom stereocenters. The Labute approximate surface area is 343 Å². The van der Waals surface area contributed by atoms with Crippen molar-refractivity contribution in [2.75, 3.05) is 16.5 Å². The summed E-state index contributed by atoms with van der Waals surface area (Å²) in [4.78, 5) is 9.73. The maximum Gasteiger partial charge on any atom is 0.137 e. The number of ether oxygens (including phenoxy) is 1. The Morgan fingerprint density at radius 3 is 1.79 bits per heavy atom. The van der Waals surface area contributed by atoms with Gasteiger partial charge in [-0.1, -0.05) is 122 Å². The molecule has 290 valence electrons. The lowest BCUT2D eigenvalue weighted by Gasteiger charge is -2.26. The van der Waals surface area contributed by atoms with Crippen LogP contribution in [-0.2, 0) is 16.2 Å². The van der Waals surface area contributed by atoms with E-state index in [1.165, 1.54) is 44.7 Å². The summed E-state index contributed by atoms with van der Waals surface area (Å²) < 4.78 is 9.06. The minimum absolute atomic E-state index is 0.0219. The number of hydrogen-bond donors (Lipinski definition) is 0. The third kappa shape index (κ3) is 6.68. The van der Waals surface area contributed by atoms with E-state index in [-0.39, 0.29) is 16.2 Å². The molecule has 5 heteroatoms. The van der Waals surface area contributed by atoms with Crippen LogP contribution < -0.4 is 14.5 Å². The molecule has 1 aliphatic rings. The van der Waals surface area contributed by atoms with Crippen molar-refractivity contribution in [2.24, 2.45) is 0 Å². The van der Waals surface area contributed by atoms with Crippen LogP contribution in [0.3, 0.4) is 0 Å². The van der Waals surface area contributed by atoms with E-state index in [1.54, 1.807) is 0 Å². The quantitative estimate of drug-likeness (QED) is 0.162. The summed E-state index contributed by atoms with van der Waals surface area (Å²) in [5, 5.41) is 2.35. The van der Waals surface area contributed by atoms with Crippen molar-refractivity contribution >= 4 is 44.6 Å². The van der Waals surface area contributed by atoms with Gasteiger partial charge in [0, 0.05) is 45.9 Å². The smallest absolute Gasteiger partial charge is 0.137 e. The molecular weight excluding hydrogens is 709 g/mol. The summed E-state index contributed by atoms with van der Waals surface area (Å²) >= 11 is 0. The Morgan fingerprint density at radius 2 is 1.09 bits per heavy atom. The Bertz CT molecular complexity index is 2800. The summed E-state index contributed by atoms with van der Waals surface area (Å²) in [5.74, 6) is 2.45. The predicted molar refractivity (Wildman–Crippen MR) is 243 cm³/mol. The first-order chi connectivity index (χ1) is 27.8. The number of benzene rings is 6. The van der Waals surface area contributed by atoms with Crippen LogP contribution in [0.2, 0.25) is 0 Å². The van der Waals surface area contributed by atoms with E-state index in [2.05, 4.69) is 215 Å². The zero-order valence-corrected chi connectivity index (χ0v) is 34.9. The van der Waals surface area contributed by atoms with Gasteiger partial charge in [-0.15, -0.1) is 0 Å². The van der Waals surface area contributed by atoms with Crippen molar-refractivity contribution in [2.45, 2.75) is 71.6 Å². The normalized spacial score (nSPS) is 13.4. The van der Waals surface area contributed by atoms with Gasteiger partial charge in [-0.05, 0) is 106 Å². The van der Waals surface area contributed by atoms with Crippen molar-refractivity contribution in [3.8, 4) is 17.3 Å². The Morgan fingerprint density at radius 1 is 0.466 bits per heavy atom. The molecule has 6 aromatic carbocycles. The molecule has 5 nitrogen and oxygen atoms in total. The Hall–Kier alpha value is -6.33. The largest absolute Gasteiger partial charge is 0.457 e. The topological polar surface area (TPSA) is 33.5 Å². The Kier molecular flexibility index (Phi) is 8.96. The highest BCUT2D eigenvalue weighted by Gasteiger charge is 2.29. The van der Waals surface area contributed by atoms with Crippen LogP contribution in [0.4, 0.5) is 22.7 Å². The molecule has 3 heterocycles. The van der Waals surface area contributed by atoms with Gasteiger partial charge in [-0.25, -0.2) is 4.98 Å². The van der Waals surface area contributed by atoms with Crippen LogP contribution in [0.25, 0.3) is 27.6 Å². The second-order valence-corrected chi connectivity index (χ2v) is 18.3. The number of rotatable bonds is 7. The molecule has 0 N–H and O–H groups in total. The molecule has 58 heavy (non-hydrogen) atoms. The number of nitrogens with zero attached hydrogens (tertiary/aromatic N) is 4. The van der Waals surface area contributed by atoms with Crippen molar-refractivity contribution in [3.05, 3.63) is 180 Å². The molecule has 9 rings (SSSR count). The first-order valence-electron chi connectivity index (χ1n) is 20.4. The van der Waals surface area contributed by atoms with Gasteiger partial charge in [0.2, 0.25) is 0 Å². The fourth-order valence-corrected chi connectivity index (χ4v) is 8.38. The fourth-order valence-electron chi connectivity index (χ4n) is 8.38. The van der Waals surface area contributed by atoms with E-state index in [4.69, 9.17) is 9.72 Å². The fraction of sp³-hybridized carbons (Fsp3) is 0.226. The molecule has 2 aromatic heterocycles. The van der Waals surface area contributed by atoms with E-state index >= 15 is 0 Å². The van der Waals surface area contributed by atoms with Crippen LogP contribution in [0.5, 0.6) is 11.5 Å². The van der Waals surface area contributed by atoms with Crippen molar-refractivity contribution in [3.63, 3.8) is 0 Å². The lowest BCUT2D eigenvalue weighted by atomic mass is 9.78. The number of para-hydroxylation sites is 2. The standard InChI is InChI=1S/C53H52N4O/c1-51(2,3)37-18-14-19-40(30-37)55-35-56(48-23-13-12-22-47(48)55)41-20-15-21-42(33-41)58-43-25-26-44-45-31-39(53(7,8)36-16-10-9-11-17-36)24-27-46(45)57(49(44)34-43)50-32-38(28-29-54-50)52(4,5)6/h9-34H,35H2,1-8H3. The number of hydrogen-bond acceptors (Lipinski definition) is 4. The van der Waals surface area contributed by atoms with Crippen molar-refractivity contribution < 1.29 is 4.74 Å². The minimum atomic E-state index is -0.175. The summed E-state index contributed by atoms with van der Waals surface area (Å²) in [5.41, 5.74) is 11.8.